The van der Waals surface area contributed by atoms with E-state index >= 15 is 0 Å². The van der Waals surface area contributed by atoms with Gasteiger partial charge in [0.05, 0.1) is 6.20 Å². The van der Waals surface area contributed by atoms with Gasteiger partial charge in [0.2, 0.25) is 10.0 Å². The van der Waals surface area contributed by atoms with Crippen molar-refractivity contribution in [2.24, 2.45) is 0 Å². The third-order valence-corrected chi connectivity index (χ3v) is 4.69. The van der Waals surface area contributed by atoms with Crippen LogP contribution in [0.4, 0.5) is 0 Å². The molecule has 0 bridgehead atoms. The summed E-state index contributed by atoms with van der Waals surface area (Å²) in [6.07, 6.45) is 5.69. The summed E-state index contributed by atoms with van der Waals surface area (Å²) < 4.78 is 26.8. The highest BCUT2D eigenvalue weighted by Gasteiger charge is 2.32. The first-order valence-electron chi connectivity index (χ1n) is 5.68. The van der Waals surface area contributed by atoms with Crippen molar-refractivity contribution in [3.63, 3.8) is 0 Å². The van der Waals surface area contributed by atoms with Gasteiger partial charge >= 0.3 is 0 Å². The molecule has 1 saturated carbocycles. The molecule has 6 nitrogen and oxygen atoms in total. The molecule has 2 atom stereocenters. The van der Waals surface area contributed by atoms with Gasteiger partial charge < -0.3 is 4.90 Å². The Labute approximate surface area is 101 Å². The maximum absolute atomic E-state index is 12.0. The van der Waals surface area contributed by atoms with Crippen LogP contribution in [-0.2, 0) is 10.0 Å². The summed E-state index contributed by atoms with van der Waals surface area (Å²) >= 11 is 0. The molecule has 1 aliphatic carbocycles. The van der Waals surface area contributed by atoms with Crippen LogP contribution in [0, 0.1) is 0 Å². The van der Waals surface area contributed by atoms with Crippen LogP contribution in [0.5, 0.6) is 0 Å². The number of rotatable bonds is 4. The number of hydrogen-bond donors (Lipinski definition) is 2. The fourth-order valence-electron chi connectivity index (χ4n) is 2.35. The maximum Gasteiger partial charge on any atom is 0.243 e. The molecule has 1 aliphatic rings. The number of aromatic amines is 1. The highest BCUT2D eigenvalue weighted by atomic mass is 32.2. The van der Waals surface area contributed by atoms with Gasteiger partial charge in [-0.1, -0.05) is 6.42 Å². The molecule has 1 heterocycles. The van der Waals surface area contributed by atoms with Crippen LogP contribution in [0.2, 0.25) is 0 Å². The summed E-state index contributed by atoms with van der Waals surface area (Å²) in [6, 6.07) is 0.265. The van der Waals surface area contributed by atoms with E-state index in [0.717, 1.165) is 19.3 Å². The Balaban J connectivity index is 2.11. The average molecular weight is 258 g/mol. The maximum atomic E-state index is 12.0. The molecule has 1 aromatic heterocycles. The van der Waals surface area contributed by atoms with Crippen molar-refractivity contribution in [2.45, 2.75) is 36.2 Å². The molecule has 2 N–H and O–H groups in total. The number of aromatic nitrogens is 2. The molecule has 7 heteroatoms. The van der Waals surface area contributed by atoms with Crippen molar-refractivity contribution in [1.82, 2.24) is 19.8 Å². The zero-order chi connectivity index (χ0) is 12.5. The number of hydrogen-bond acceptors (Lipinski definition) is 4. The summed E-state index contributed by atoms with van der Waals surface area (Å²) in [4.78, 5) is 2.28. The predicted molar refractivity (Wildman–Crippen MR) is 64.0 cm³/mol. The Morgan fingerprint density at radius 1 is 1.47 bits per heavy atom. The lowest BCUT2D eigenvalue weighted by atomic mass is 10.2. The van der Waals surface area contributed by atoms with E-state index < -0.39 is 10.0 Å². The minimum absolute atomic E-state index is 0.00935. The Hall–Kier alpha value is -0.920. The van der Waals surface area contributed by atoms with Gasteiger partial charge in [-0.15, -0.1) is 0 Å². The summed E-state index contributed by atoms with van der Waals surface area (Å²) in [5.74, 6) is 0. The largest absolute Gasteiger partial charge is 0.305 e. The number of H-pyrrole nitrogens is 1. The molecule has 0 saturated heterocycles. The molecular weight excluding hydrogens is 240 g/mol. The third-order valence-electron chi connectivity index (χ3n) is 3.23. The summed E-state index contributed by atoms with van der Waals surface area (Å²) in [5, 5.41) is 6.18. The molecule has 0 radical (unpaired) electrons. The molecule has 0 spiro atoms. The van der Waals surface area contributed by atoms with E-state index in [0.29, 0.717) is 0 Å². The van der Waals surface area contributed by atoms with Crippen molar-refractivity contribution >= 4 is 10.0 Å². The number of likely N-dealkylation sites (N-methyl/N-ethyl adjacent to an activating group) is 1. The average Bonchev–Trinajstić information content (AvgIpc) is 2.85. The lowest BCUT2D eigenvalue weighted by Crippen LogP contribution is -2.45. The van der Waals surface area contributed by atoms with Crippen LogP contribution in [0.15, 0.2) is 17.3 Å². The molecule has 1 fully saturated rings. The number of nitrogens with one attached hydrogen (secondary N) is 2. The first-order chi connectivity index (χ1) is 8.00. The molecular formula is C10H18N4O2S. The highest BCUT2D eigenvalue weighted by Crippen LogP contribution is 2.24. The first-order valence-corrected chi connectivity index (χ1v) is 7.16. The zero-order valence-electron chi connectivity index (χ0n) is 10.0. The van der Waals surface area contributed by atoms with Gasteiger partial charge in [0.15, 0.2) is 0 Å². The fraction of sp³-hybridized carbons (Fsp3) is 0.700. The normalized spacial score (nSPS) is 25.6. The second kappa shape index (κ2) is 4.75. The van der Waals surface area contributed by atoms with Crippen LogP contribution in [-0.4, -0.2) is 49.7 Å². The molecule has 0 unspecified atom stereocenters. The second-order valence-electron chi connectivity index (χ2n) is 4.62. The standard InChI is InChI=1S/C10H18N4O2S/c1-14(2)10-5-3-4-9(10)13-17(15,16)8-6-11-12-7-8/h6-7,9-10,13H,3-5H2,1-2H3,(H,11,12)/t9-,10-/m1/s1. The van der Waals surface area contributed by atoms with Crippen LogP contribution in [0.25, 0.3) is 0 Å². The smallest absolute Gasteiger partial charge is 0.243 e. The SMILES string of the molecule is CN(C)[C@@H]1CCC[C@H]1NS(=O)(=O)c1cn[nH]c1. The summed E-state index contributed by atoms with van der Waals surface area (Å²) in [6.45, 7) is 0. The van der Waals surface area contributed by atoms with E-state index in [-0.39, 0.29) is 17.0 Å². The Kier molecular flexibility index (Phi) is 3.50. The molecule has 0 aromatic carbocycles. The van der Waals surface area contributed by atoms with Crippen molar-refractivity contribution in [3.05, 3.63) is 12.4 Å². The summed E-state index contributed by atoms with van der Waals surface area (Å²) in [7, 11) is 0.525. The van der Waals surface area contributed by atoms with Crippen molar-refractivity contribution in [2.75, 3.05) is 14.1 Å². The Bertz CT molecular complexity index is 455. The van der Waals surface area contributed by atoms with E-state index in [9.17, 15) is 8.42 Å². The molecule has 0 amide bonds. The van der Waals surface area contributed by atoms with E-state index in [4.69, 9.17) is 0 Å². The van der Waals surface area contributed by atoms with Gasteiger partial charge in [-0.3, -0.25) is 5.10 Å². The minimum Gasteiger partial charge on any atom is -0.305 e. The van der Waals surface area contributed by atoms with Gasteiger partial charge in [-0.25, -0.2) is 13.1 Å². The van der Waals surface area contributed by atoms with Gasteiger partial charge in [-0.2, -0.15) is 5.10 Å². The van der Waals surface area contributed by atoms with Crippen LogP contribution in [0.3, 0.4) is 0 Å². The third kappa shape index (κ3) is 2.67. The van der Waals surface area contributed by atoms with Gasteiger partial charge in [-0.05, 0) is 26.9 Å². The summed E-state index contributed by atoms with van der Waals surface area (Å²) in [5.41, 5.74) is 0. The van der Waals surface area contributed by atoms with Crippen LogP contribution >= 0.6 is 0 Å². The van der Waals surface area contributed by atoms with E-state index in [1.165, 1.54) is 12.4 Å². The Morgan fingerprint density at radius 3 is 2.82 bits per heavy atom. The molecule has 17 heavy (non-hydrogen) atoms. The fourth-order valence-corrected chi connectivity index (χ4v) is 3.56. The minimum atomic E-state index is -3.44. The van der Waals surface area contributed by atoms with Gasteiger partial charge in [0.1, 0.15) is 4.90 Å². The molecule has 2 rings (SSSR count). The first kappa shape index (κ1) is 12.5. The highest BCUT2D eigenvalue weighted by molar-refractivity contribution is 7.89. The second-order valence-corrected chi connectivity index (χ2v) is 6.34. The monoisotopic (exact) mass is 258 g/mol. The molecule has 0 aliphatic heterocycles. The van der Waals surface area contributed by atoms with Crippen LogP contribution < -0.4 is 4.72 Å². The number of nitrogens with zero attached hydrogens (tertiary/aromatic N) is 2. The lowest BCUT2D eigenvalue weighted by molar-refractivity contribution is 0.267. The van der Waals surface area contributed by atoms with Crippen LogP contribution in [0.1, 0.15) is 19.3 Å². The van der Waals surface area contributed by atoms with E-state index in [2.05, 4.69) is 19.8 Å². The van der Waals surface area contributed by atoms with Crippen molar-refractivity contribution < 1.29 is 8.42 Å². The zero-order valence-corrected chi connectivity index (χ0v) is 10.9. The number of sulfonamides is 1. The topological polar surface area (TPSA) is 78.1 Å². The van der Waals surface area contributed by atoms with E-state index in [1.54, 1.807) is 0 Å². The molecule has 96 valence electrons. The van der Waals surface area contributed by atoms with Gasteiger partial charge in [0, 0.05) is 18.3 Å². The predicted octanol–water partition coefficient (Wildman–Crippen LogP) is 0.171. The molecule has 1 aromatic rings. The van der Waals surface area contributed by atoms with E-state index in [1.807, 2.05) is 14.1 Å². The van der Waals surface area contributed by atoms with Gasteiger partial charge in [0.25, 0.3) is 0 Å². The van der Waals surface area contributed by atoms with Crippen molar-refractivity contribution in [1.29, 1.82) is 0 Å². The Morgan fingerprint density at radius 2 is 2.24 bits per heavy atom. The van der Waals surface area contributed by atoms with Crippen molar-refractivity contribution in [3.8, 4) is 0 Å². The lowest BCUT2D eigenvalue weighted by Gasteiger charge is -2.26. The quantitative estimate of drug-likeness (QED) is 0.807.